The van der Waals surface area contributed by atoms with Gasteiger partial charge in [-0.1, -0.05) is 45.0 Å². The van der Waals surface area contributed by atoms with Gasteiger partial charge in [0, 0.05) is 0 Å². The quantitative estimate of drug-likeness (QED) is 0.616. The summed E-state index contributed by atoms with van der Waals surface area (Å²) < 4.78 is 17.7. The number of nitrogens with two attached hydrogens (primary N) is 1. The monoisotopic (exact) mass is 389 g/mol. The molecule has 0 amide bonds. The van der Waals surface area contributed by atoms with E-state index in [1.807, 2.05) is 65.8 Å². The molecule has 1 saturated heterocycles. The number of carbonyl (C=O) groups is 1. The van der Waals surface area contributed by atoms with Crippen molar-refractivity contribution in [2.24, 2.45) is 11.1 Å². The lowest BCUT2D eigenvalue weighted by Crippen LogP contribution is -2.49. The summed E-state index contributed by atoms with van der Waals surface area (Å²) in [5.74, 6) is -0.402. The molecule has 6 heteroatoms. The van der Waals surface area contributed by atoms with Gasteiger partial charge in [-0.3, -0.25) is 0 Å². The third-order valence-corrected chi connectivity index (χ3v) is 5.47. The molecule has 0 saturated carbocycles. The molecule has 0 radical (unpaired) electrons. The molecule has 2 rings (SSSR count). The van der Waals surface area contributed by atoms with Gasteiger partial charge >= 0.3 is 13.1 Å². The molecule has 1 fully saturated rings. The summed E-state index contributed by atoms with van der Waals surface area (Å²) in [5.41, 5.74) is 6.12. The zero-order chi connectivity index (χ0) is 21.5. The van der Waals surface area contributed by atoms with Gasteiger partial charge in [-0.05, 0) is 64.4 Å². The van der Waals surface area contributed by atoms with E-state index in [0.29, 0.717) is 6.42 Å². The van der Waals surface area contributed by atoms with Gasteiger partial charge in [0.05, 0.1) is 17.3 Å². The summed E-state index contributed by atoms with van der Waals surface area (Å²) in [4.78, 5) is 12.9. The number of hydrogen-bond acceptors (Lipinski definition) is 5. The third kappa shape index (κ3) is 4.78. The van der Waals surface area contributed by atoms with Crippen LogP contribution in [0.3, 0.4) is 0 Å². The molecule has 0 spiro atoms. The summed E-state index contributed by atoms with van der Waals surface area (Å²) in [6.07, 6.45) is 0.251. The summed E-state index contributed by atoms with van der Waals surface area (Å²) in [6.45, 7) is 18.0. The van der Waals surface area contributed by atoms with Gasteiger partial charge < -0.3 is 19.8 Å². The van der Waals surface area contributed by atoms with Crippen molar-refractivity contribution in [3.8, 4) is 0 Å². The maximum Gasteiger partial charge on any atom is 0.494 e. The smallest absolute Gasteiger partial charge is 0.461 e. The van der Waals surface area contributed by atoms with Gasteiger partial charge in [-0.15, -0.1) is 0 Å². The molecule has 1 aliphatic rings. The maximum absolute atomic E-state index is 12.9. The van der Waals surface area contributed by atoms with Crippen LogP contribution in [0.4, 0.5) is 0 Å². The minimum Gasteiger partial charge on any atom is -0.461 e. The SMILES string of the molecule is CC(C)OC(=O)[C@@](N)(CC(C)(C)C)c1ccc(B2OC(C)(C)C(C)(C)O2)cc1. The first-order chi connectivity index (χ1) is 12.6. The number of benzene rings is 1. The van der Waals surface area contributed by atoms with Crippen LogP contribution in [-0.2, 0) is 24.4 Å². The zero-order valence-corrected chi connectivity index (χ0v) is 18.9. The van der Waals surface area contributed by atoms with E-state index in [0.717, 1.165) is 11.0 Å². The van der Waals surface area contributed by atoms with Crippen molar-refractivity contribution in [2.45, 2.75) is 91.6 Å². The van der Waals surface area contributed by atoms with Crippen molar-refractivity contribution in [3.05, 3.63) is 29.8 Å². The van der Waals surface area contributed by atoms with Gasteiger partial charge in [0.25, 0.3) is 0 Å². The normalized spacial score (nSPS) is 20.9. The van der Waals surface area contributed by atoms with Crippen molar-refractivity contribution in [2.75, 3.05) is 0 Å². The molecular weight excluding hydrogens is 353 g/mol. The average Bonchev–Trinajstić information content (AvgIpc) is 2.73. The second-order valence-corrected chi connectivity index (χ2v) is 10.4. The fourth-order valence-electron chi connectivity index (χ4n) is 3.36. The first-order valence-electron chi connectivity index (χ1n) is 10.0. The van der Waals surface area contributed by atoms with Gasteiger partial charge in [-0.25, -0.2) is 4.79 Å². The van der Waals surface area contributed by atoms with Gasteiger partial charge in [0.1, 0.15) is 5.54 Å². The fraction of sp³-hybridized carbons (Fsp3) is 0.682. The standard InChI is InChI=1S/C22H36BNO4/c1-15(2)26-18(25)22(24,14-19(3,4)5)16-10-12-17(13-11-16)23-27-20(6,7)21(8,9)28-23/h10-13,15H,14,24H2,1-9H3/t22-/m1/s1. The lowest BCUT2D eigenvalue weighted by molar-refractivity contribution is -0.156. The molecule has 0 aliphatic carbocycles. The van der Waals surface area contributed by atoms with Crippen LogP contribution in [-0.4, -0.2) is 30.4 Å². The Morgan fingerprint density at radius 2 is 1.54 bits per heavy atom. The lowest BCUT2D eigenvalue weighted by Gasteiger charge is -2.34. The van der Waals surface area contributed by atoms with Crippen molar-refractivity contribution >= 4 is 18.6 Å². The topological polar surface area (TPSA) is 70.8 Å². The Morgan fingerprint density at radius 3 is 1.93 bits per heavy atom. The highest BCUT2D eigenvalue weighted by Gasteiger charge is 2.51. The molecule has 1 heterocycles. The molecule has 0 unspecified atom stereocenters. The first-order valence-corrected chi connectivity index (χ1v) is 10.0. The molecular formula is C22H36BNO4. The predicted octanol–water partition coefficient (Wildman–Crippen LogP) is 3.53. The highest BCUT2D eigenvalue weighted by molar-refractivity contribution is 6.62. The predicted molar refractivity (Wildman–Crippen MR) is 113 cm³/mol. The molecule has 1 aromatic carbocycles. The Morgan fingerprint density at radius 1 is 1.07 bits per heavy atom. The molecule has 1 aromatic rings. The van der Waals surface area contributed by atoms with E-state index in [1.165, 1.54) is 0 Å². The number of hydrogen-bond donors (Lipinski definition) is 1. The molecule has 2 N–H and O–H groups in total. The van der Waals surface area contributed by atoms with Crippen LogP contribution in [0, 0.1) is 5.41 Å². The summed E-state index contributed by atoms with van der Waals surface area (Å²) in [7, 11) is -0.448. The Bertz CT molecular complexity index is 690. The van der Waals surface area contributed by atoms with E-state index >= 15 is 0 Å². The van der Waals surface area contributed by atoms with E-state index in [2.05, 4.69) is 20.8 Å². The van der Waals surface area contributed by atoms with Crippen molar-refractivity contribution in [1.29, 1.82) is 0 Å². The average molecular weight is 389 g/mol. The molecule has 5 nitrogen and oxygen atoms in total. The van der Waals surface area contributed by atoms with Gasteiger partial charge in [0.2, 0.25) is 0 Å². The van der Waals surface area contributed by atoms with E-state index < -0.39 is 29.8 Å². The van der Waals surface area contributed by atoms with Gasteiger partial charge in [0.15, 0.2) is 0 Å². The molecule has 0 aromatic heterocycles. The van der Waals surface area contributed by atoms with E-state index in [9.17, 15) is 4.79 Å². The minimum absolute atomic E-state index is 0.144. The number of ether oxygens (including phenoxy) is 1. The summed E-state index contributed by atoms with van der Waals surface area (Å²) in [6, 6.07) is 7.61. The highest BCUT2D eigenvalue weighted by Crippen LogP contribution is 2.37. The molecule has 1 atom stereocenters. The van der Waals surface area contributed by atoms with Gasteiger partial charge in [-0.2, -0.15) is 0 Å². The van der Waals surface area contributed by atoms with Crippen LogP contribution in [0.5, 0.6) is 0 Å². The maximum atomic E-state index is 12.9. The summed E-state index contributed by atoms with van der Waals surface area (Å²) >= 11 is 0. The molecule has 156 valence electrons. The van der Waals surface area contributed by atoms with E-state index in [1.54, 1.807) is 0 Å². The van der Waals surface area contributed by atoms with Crippen molar-refractivity contribution < 1.29 is 18.8 Å². The van der Waals surface area contributed by atoms with Crippen LogP contribution >= 0.6 is 0 Å². The molecule has 0 bridgehead atoms. The third-order valence-electron chi connectivity index (χ3n) is 5.47. The fourth-order valence-corrected chi connectivity index (χ4v) is 3.36. The Kier molecular flexibility index (Phi) is 6.11. The zero-order valence-electron chi connectivity index (χ0n) is 18.9. The first kappa shape index (κ1) is 22.9. The molecule has 1 aliphatic heterocycles. The Hall–Kier alpha value is -1.37. The van der Waals surface area contributed by atoms with Crippen LogP contribution < -0.4 is 11.2 Å². The van der Waals surface area contributed by atoms with Crippen LogP contribution in [0.2, 0.25) is 0 Å². The second-order valence-electron chi connectivity index (χ2n) is 10.4. The minimum atomic E-state index is -1.21. The lowest BCUT2D eigenvalue weighted by atomic mass is 9.74. The van der Waals surface area contributed by atoms with E-state index in [-0.39, 0.29) is 11.5 Å². The van der Waals surface area contributed by atoms with E-state index in [4.69, 9.17) is 19.8 Å². The second kappa shape index (κ2) is 7.47. The summed E-state index contributed by atoms with van der Waals surface area (Å²) in [5, 5.41) is 0. The van der Waals surface area contributed by atoms with Crippen molar-refractivity contribution in [3.63, 3.8) is 0 Å². The van der Waals surface area contributed by atoms with Crippen LogP contribution in [0.1, 0.15) is 74.3 Å². The Balaban J connectivity index is 2.33. The number of rotatable bonds is 5. The number of esters is 1. The molecule has 28 heavy (non-hydrogen) atoms. The highest BCUT2D eigenvalue weighted by atomic mass is 16.7. The van der Waals surface area contributed by atoms with Crippen LogP contribution in [0.25, 0.3) is 0 Å². The Labute approximate surface area is 170 Å². The largest absolute Gasteiger partial charge is 0.494 e. The number of carbonyl (C=O) groups excluding carboxylic acids is 1. The van der Waals surface area contributed by atoms with Crippen LogP contribution in [0.15, 0.2) is 24.3 Å². The van der Waals surface area contributed by atoms with Crippen molar-refractivity contribution in [1.82, 2.24) is 0 Å².